The van der Waals surface area contributed by atoms with Gasteiger partial charge in [-0.25, -0.2) is 0 Å². The Kier molecular flexibility index (Phi) is 6.66. The summed E-state index contributed by atoms with van der Waals surface area (Å²) in [6.07, 6.45) is 2.59. The molecule has 36 heavy (non-hydrogen) atoms. The van der Waals surface area contributed by atoms with Gasteiger partial charge in [-0.1, -0.05) is 49.7 Å². The summed E-state index contributed by atoms with van der Waals surface area (Å²) in [7, 11) is 2.15. The fourth-order valence-electron chi connectivity index (χ4n) is 4.92. The lowest BCUT2D eigenvalue weighted by molar-refractivity contribution is 0.319. The molecular formula is C30H30N6. The highest BCUT2D eigenvalue weighted by molar-refractivity contribution is 5.96. The summed E-state index contributed by atoms with van der Waals surface area (Å²) >= 11 is 0. The SMILES string of the molecule is CCCC(=N)Cc1ccccc1CN(C)Cc1cccc2[nH]c(-c3n[nH]c4cc(C#N)ccc34)cc12. The molecule has 5 aromatic rings. The van der Waals surface area contributed by atoms with Crippen molar-refractivity contribution < 1.29 is 0 Å². The van der Waals surface area contributed by atoms with Crippen LogP contribution >= 0.6 is 0 Å². The minimum Gasteiger partial charge on any atom is -0.353 e. The number of rotatable bonds is 9. The van der Waals surface area contributed by atoms with Crippen LogP contribution in [0.2, 0.25) is 0 Å². The predicted molar refractivity (Wildman–Crippen MR) is 146 cm³/mol. The normalized spacial score (nSPS) is 11.4. The van der Waals surface area contributed by atoms with Crippen molar-refractivity contribution in [3.63, 3.8) is 0 Å². The Morgan fingerprint density at radius 3 is 2.53 bits per heavy atom. The Bertz CT molecular complexity index is 1580. The van der Waals surface area contributed by atoms with Crippen LogP contribution in [-0.2, 0) is 19.5 Å². The van der Waals surface area contributed by atoms with E-state index in [1.165, 1.54) is 22.1 Å². The molecule has 0 aliphatic rings. The van der Waals surface area contributed by atoms with Gasteiger partial charge in [-0.05, 0) is 60.5 Å². The first-order valence-corrected chi connectivity index (χ1v) is 12.4. The molecule has 0 radical (unpaired) electrons. The lowest BCUT2D eigenvalue weighted by Gasteiger charge is -2.20. The molecule has 0 aliphatic carbocycles. The fourth-order valence-corrected chi connectivity index (χ4v) is 4.92. The number of nitrogens with zero attached hydrogens (tertiary/aromatic N) is 3. The first kappa shape index (κ1) is 23.5. The topological polar surface area (TPSA) is 95.3 Å². The van der Waals surface area contributed by atoms with Crippen molar-refractivity contribution in [3.05, 3.63) is 89.0 Å². The second-order valence-corrected chi connectivity index (χ2v) is 9.48. The van der Waals surface area contributed by atoms with E-state index in [0.29, 0.717) is 5.56 Å². The first-order chi connectivity index (χ1) is 17.6. The Morgan fingerprint density at radius 2 is 1.72 bits per heavy atom. The maximum atomic E-state index is 9.18. The monoisotopic (exact) mass is 474 g/mol. The number of benzene rings is 3. The van der Waals surface area contributed by atoms with Crippen LogP contribution in [0, 0.1) is 16.7 Å². The van der Waals surface area contributed by atoms with Crippen LogP contribution in [0.25, 0.3) is 33.2 Å². The summed E-state index contributed by atoms with van der Waals surface area (Å²) in [6, 6.07) is 24.8. The van der Waals surface area contributed by atoms with Crippen LogP contribution in [0.3, 0.4) is 0 Å². The van der Waals surface area contributed by atoms with Gasteiger partial charge >= 0.3 is 0 Å². The third-order valence-corrected chi connectivity index (χ3v) is 6.66. The number of fused-ring (bicyclic) bond motifs is 2. The van der Waals surface area contributed by atoms with E-state index in [-0.39, 0.29) is 0 Å². The van der Waals surface area contributed by atoms with Gasteiger partial charge < -0.3 is 10.4 Å². The van der Waals surface area contributed by atoms with Crippen molar-refractivity contribution in [2.45, 2.75) is 39.3 Å². The van der Waals surface area contributed by atoms with Gasteiger partial charge in [0.2, 0.25) is 0 Å². The van der Waals surface area contributed by atoms with Crippen LogP contribution in [0.4, 0.5) is 0 Å². The second kappa shape index (κ2) is 10.2. The molecule has 0 saturated carbocycles. The molecule has 0 amide bonds. The van der Waals surface area contributed by atoms with E-state index >= 15 is 0 Å². The molecule has 3 N–H and O–H groups in total. The number of hydrogen-bond donors (Lipinski definition) is 3. The average molecular weight is 475 g/mol. The lowest BCUT2D eigenvalue weighted by Crippen LogP contribution is -2.19. The second-order valence-electron chi connectivity index (χ2n) is 9.48. The summed E-state index contributed by atoms with van der Waals surface area (Å²) < 4.78 is 0. The van der Waals surface area contributed by atoms with Crippen molar-refractivity contribution in [1.29, 1.82) is 10.7 Å². The van der Waals surface area contributed by atoms with Gasteiger partial charge in [0.1, 0.15) is 5.69 Å². The standard InChI is InChI=1S/C30H30N6/c1-3-7-24(32)15-21-8-4-5-9-22(21)18-36(2)19-23-10-6-11-27-26(23)16-29(33-27)30-25-13-12-20(17-31)14-28(25)34-35-30/h4-6,8-14,16,32-33H,3,7,15,18-19H2,1-2H3,(H,34,35). The molecule has 3 aromatic carbocycles. The Hall–Kier alpha value is -4.21. The third kappa shape index (κ3) is 4.79. The Balaban J connectivity index is 1.39. The molecule has 0 unspecified atom stereocenters. The van der Waals surface area contributed by atoms with Gasteiger partial charge in [0.25, 0.3) is 0 Å². The smallest absolute Gasteiger partial charge is 0.116 e. The number of aromatic amines is 2. The highest BCUT2D eigenvalue weighted by Crippen LogP contribution is 2.31. The highest BCUT2D eigenvalue weighted by Gasteiger charge is 2.14. The number of aromatic nitrogens is 3. The van der Waals surface area contributed by atoms with Crippen LogP contribution < -0.4 is 0 Å². The van der Waals surface area contributed by atoms with Crippen molar-refractivity contribution in [2.24, 2.45) is 0 Å². The van der Waals surface area contributed by atoms with E-state index in [1.54, 1.807) is 0 Å². The van der Waals surface area contributed by atoms with Crippen molar-refractivity contribution in [3.8, 4) is 17.5 Å². The number of H-pyrrole nitrogens is 2. The van der Waals surface area contributed by atoms with E-state index in [0.717, 1.165) is 65.9 Å². The van der Waals surface area contributed by atoms with Crippen LogP contribution in [0.1, 0.15) is 42.0 Å². The van der Waals surface area contributed by atoms with Crippen molar-refractivity contribution in [1.82, 2.24) is 20.1 Å². The van der Waals surface area contributed by atoms with Gasteiger partial charge in [-0.15, -0.1) is 0 Å². The van der Waals surface area contributed by atoms with Crippen LogP contribution in [0.5, 0.6) is 0 Å². The van der Waals surface area contributed by atoms with Gasteiger partial charge in [-0.2, -0.15) is 10.4 Å². The molecule has 2 heterocycles. The minimum absolute atomic E-state index is 0.614. The highest BCUT2D eigenvalue weighted by atomic mass is 15.1. The van der Waals surface area contributed by atoms with E-state index in [4.69, 9.17) is 5.41 Å². The summed E-state index contributed by atoms with van der Waals surface area (Å²) in [5.74, 6) is 0. The van der Waals surface area contributed by atoms with Gasteiger partial charge in [0.05, 0.1) is 22.8 Å². The molecule has 180 valence electrons. The number of nitrogens with one attached hydrogen (secondary N) is 3. The molecular weight excluding hydrogens is 444 g/mol. The van der Waals surface area contributed by atoms with E-state index in [2.05, 4.69) is 88.7 Å². The van der Waals surface area contributed by atoms with Gasteiger partial charge in [-0.3, -0.25) is 10.00 Å². The zero-order valence-electron chi connectivity index (χ0n) is 20.7. The average Bonchev–Trinajstić information content (AvgIpc) is 3.49. The fraction of sp³-hybridized carbons (Fsp3) is 0.233. The maximum Gasteiger partial charge on any atom is 0.116 e. The molecule has 0 atom stereocenters. The number of hydrogen-bond acceptors (Lipinski definition) is 4. The molecule has 0 saturated heterocycles. The number of nitriles is 1. The maximum absolute atomic E-state index is 9.18. The largest absolute Gasteiger partial charge is 0.353 e. The molecule has 6 nitrogen and oxygen atoms in total. The minimum atomic E-state index is 0.614. The summed E-state index contributed by atoms with van der Waals surface area (Å²) in [5, 5.41) is 27.2. The summed E-state index contributed by atoms with van der Waals surface area (Å²) in [6.45, 7) is 3.76. The molecule has 2 aromatic heterocycles. The summed E-state index contributed by atoms with van der Waals surface area (Å²) in [4.78, 5) is 5.87. The van der Waals surface area contributed by atoms with Crippen molar-refractivity contribution >= 4 is 27.5 Å². The van der Waals surface area contributed by atoms with Crippen LogP contribution in [0.15, 0.2) is 66.7 Å². The molecule has 0 bridgehead atoms. The van der Waals surface area contributed by atoms with Crippen molar-refractivity contribution in [2.75, 3.05) is 7.05 Å². The lowest BCUT2D eigenvalue weighted by atomic mass is 9.99. The van der Waals surface area contributed by atoms with E-state index in [9.17, 15) is 5.26 Å². The van der Waals surface area contributed by atoms with E-state index < -0.39 is 0 Å². The zero-order valence-corrected chi connectivity index (χ0v) is 20.7. The Morgan fingerprint density at radius 1 is 0.944 bits per heavy atom. The quantitative estimate of drug-likeness (QED) is 0.211. The van der Waals surface area contributed by atoms with E-state index in [1.807, 2.05) is 18.2 Å². The summed E-state index contributed by atoms with van der Waals surface area (Å²) in [5.41, 5.74) is 8.93. The Labute approximate surface area is 211 Å². The first-order valence-electron chi connectivity index (χ1n) is 12.4. The molecule has 6 heteroatoms. The molecule has 0 spiro atoms. The molecule has 0 fully saturated rings. The third-order valence-electron chi connectivity index (χ3n) is 6.66. The zero-order chi connectivity index (χ0) is 25.1. The predicted octanol–water partition coefficient (Wildman–Crippen LogP) is 6.58. The molecule has 0 aliphatic heterocycles. The van der Waals surface area contributed by atoms with Gasteiger partial charge in [0, 0.05) is 41.5 Å². The molecule has 5 rings (SSSR count). The van der Waals surface area contributed by atoms with Crippen LogP contribution in [-0.4, -0.2) is 32.8 Å². The van der Waals surface area contributed by atoms with Gasteiger partial charge in [0.15, 0.2) is 0 Å².